The number of hydrogen-bond acceptors (Lipinski definition) is 3. The predicted molar refractivity (Wildman–Crippen MR) is 72.9 cm³/mol. The summed E-state index contributed by atoms with van der Waals surface area (Å²) in [6, 6.07) is 16.2. The van der Waals surface area contributed by atoms with Crippen molar-refractivity contribution in [2.75, 3.05) is 0 Å². The quantitative estimate of drug-likeness (QED) is 0.743. The molecule has 1 aromatic heterocycles. The number of aromatic nitrogens is 2. The first kappa shape index (κ1) is 10.9. The Morgan fingerprint density at radius 2 is 1.89 bits per heavy atom. The third kappa shape index (κ3) is 1.85. The second kappa shape index (κ2) is 4.55. The minimum atomic E-state index is 0.534. The lowest BCUT2D eigenvalue weighted by atomic mass is 10.0. The molecule has 0 saturated carbocycles. The highest BCUT2D eigenvalue weighted by Crippen LogP contribution is 2.25. The summed E-state index contributed by atoms with van der Waals surface area (Å²) in [5, 5.41) is 10.5. The summed E-state index contributed by atoms with van der Waals surface area (Å²) in [7, 11) is 0. The van der Waals surface area contributed by atoms with Gasteiger partial charge in [-0.3, -0.25) is 0 Å². The first-order chi connectivity index (χ1) is 8.88. The van der Waals surface area contributed by atoms with E-state index in [0.717, 1.165) is 27.6 Å². The van der Waals surface area contributed by atoms with E-state index in [9.17, 15) is 0 Å². The largest absolute Gasteiger partial charge is 0.326 e. The molecule has 1 heterocycles. The maximum Gasteiger partial charge on any atom is 0.101 e. The van der Waals surface area contributed by atoms with Crippen molar-refractivity contribution >= 4 is 10.8 Å². The molecular formula is C15H13N3. The summed E-state index contributed by atoms with van der Waals surface area (Å²) in [6.45, 7) is 0.534. The highest BCUT2D eigenvalue weighted by atomic mass is 15.1. The zero-order chi connectivity index (χ0) is 12.4. The molecule has 0 bridgehead atoms. The first-order valence-electron chi connectivity index (χ1n) is 5.88. The second-order valence-electron chi connectivity index (χ2n) is 4.18. The molecular weight excluding hydrogens is 222 g/mol. The van der Waals surface area contributed by atoms with Crippen LogP contribution in [0.5, 0.6) is 0 Å². The van der Waals surface area contributed by atoms with E-state index in [1.165, 1.54) is 0 Å². The van der Waals surface area contributed by atoms with E-state index in [1.54, 1.807) is 6.20 Å². The molecule has 0 saturated heterocycles. The van der Waals surface area contributed by atoms with Crippen molar-refractivity contribution in [1.82, 2.24) is 10.2 Å². The molecule has 0 spiro atoms. The first-order valence-corrected chi connectivity index (χ1v) is 5.88. The molecule has 3 aromatic rings. The van der Waals surface area contributed by atoms with Gasteiger partial charge in [-0.25, -0.2) is 0 Å². The van der Waals surface area contributed by atoms with Gasteiger partial charge in [0, 0.05) is 22.9 Å². The molecule has 0 aliphatic rings. The lowest BCUT2D eigenvalue weighted by Gasteiger charge is -2.06. The van der Waals surface area contributed by atoms with Crippen LogP contribution in [0.2, 0.25) is 0 Å². The summed E-state index contributed by atoms with van der Waals surface area (Å²) in [5.41, 5.74) is 8.74. The maximum atomic E-state index is 5.67. The van der Waals surface area contributed by atoms with Crippen LogP contribution < -0.4 is 5.73 Å². The van der Waals surface area contributed by atoms with Crippen LogP contribution in [0, 0.1) is 0 Å². The van der Waals surface area contributed by atoms with E-state index in [0.29, 0.717) is 6.54 Å². The van der Waals surface area contributed by atoms with Crippen molar-refractivity contribution in [1.29, 1.82) is 0 Å². The van der Waals surface area contributed by atoms with Crippen molar-refractivity contribution in [2.24, 2.45) is 5.73 Å². The zero-order valence-corrected chi connectivity index (χ0v) is 9.88. The predicted octanol–water partition coefficient (Wildman–Crippen LogP) is 2.76. The Hall–Kier alpha value is -2.26. The van der Waals surface area contributed by atoms with Gasteiger partial charge in [0.05, 0.1) is 6.20 Å². The third-order valence-electron chi connectivity index (χ3n) is 3.01. The number of hydrogen-bond donors (Lipinski definition) is 1. The molecule has 0 amide bonds. The smallest absolute Gasteiger partial charge is 0.101 e. The van der Waals surface area contributed by atoms with E-state index >= 15 is 0 Å². The van der Waals surface area contributed by atoms with Gasteiger partial charge in [-0.2, -0.15) is 5.10 Å². The van der Waals surface area contributed by atoms with E-state index in [2.05, 4.69) is 22.3 Å². The molecule has 3 rings (SSSR count). The molecule has 0 fully saturated rings. The van der Waals surface area contributed by atoms with Crippen molar-refractivity contribution in [3.05, 3.63) is 60.3 Å². The number of fused-ring (bicyclic) bond motifs is 1. The lowest BCUT2D eigenvalue weighted by Crippen LogP contribution is -1.96. The van der Waals surface area contributed by atoms with Gasteiger partial charge >= 0.3 is 0 Å². The summed E-state index contributed by atoms with van der Waals surface area (Å²) >= 11 is 0. The Morgan fingerprint density at radius 3 is 2.78 bits per heavy atom. The van der Waals surface area contributed by atoms with Gasteiger partial charge in [0.2, 0.25) is 0 Å². The fourth-order valence-corrected chi connectivity index (χ4v) is 2.09. The summed E-state index contributed by atoms with van der Waals surface area (Å²) < 4.78 is 0. The van der Waals surface area contributed by atoms with Gasteiger partial charge in [0.15, 0.2) is 0 Å². The monoisotopic (exact) mass is 235 g/mol. The number of nitrogens with zero attached hydrogens (tertiary/aromatic N) is 2. The number of nitrogens with two attached hydrogens (primary N) is 1. The highest BCUT2D eigenvalue weighted by molar-refractivity contribution is 5.93. The third-order valence-corrected chi connectivity index (χ3v) is 3.01. The maximum absolute atomic E-state index is 5.67. The van der Waals surface area contributed by atoms with E-state index in [1.807, 2.05) is 36.4 Å². The van der Waals surface area contributed by atoms with Crippen molar-refractivity contribution in [3.8, 4) is 11.3 Å². The normalized spacial score (nSPS) is 10.7. The number of rotatable bonds is 2. The van der Waals surface area contributed by atoms with Crippen LogP contribution in [0.4, 0.5) is 0 Å². The van der Waals surface area contributed by atoms with Crippen molar-refractivity contribution < 1.29 is 0 Å². The highest BCUT2D eigenvalue weighted by Gasteiger charge is 2.06. The Morgan fingerprint density at radius 1 is 1.00 bits per heavy atom. The van der Waals surface area contributed by atoms with Crippen LogP contribution in [-0.4, -0.2) is 10.2 Å². The molecule has 0 aliphatic carbocycles. The summed E-state index contributed by atoms with van der Waals surface area (Å²) in [6.07, 6.45) is 1.78. The lowest BCUT2D eigenvalue weighted by molar-refractivity contribution is 1.05. The van der Waals surface area contributed by atoms with E-state index in [4.69, 9.17) is 5.73 Å². The summed E-state index contributed by atoms with van der Waals surface area (Å²) in [5.74, 6) is 0. The second-order valence-corrected chi connectivity index (χ2v) is 4.18. The van der Waals surface area contributed by atoms with Crippen molar-refractivity contribution in [2.45, 2.75) is 6.54 Å². The molecule has 18 heavy (non-hydrogen) atoms. The van der Waals surface area contributed by atoms with Gasteiger partial charge in [0.25, 0.3) is 0 Å². The molecule has 2 N–H and O–H groups in total. The zero-order valence-electron chi connectivity index (χ0n) is 9.88. The topological polar surface area (TPSA) is 51.8 Å². The number of benzene rings is 2. The molecule has 0 radical (unpaired) electrons. The van der Waals surface area contributed by atoms with Gasteiger partial charge < -0.3 is 5.73 Å². The van der Waals surface area contributed by atoms with Crippen LogP contribution in [0.25, 0.3) is 22.0 Å². The molecule has 88 valence electrons. The molecule has 2 aromatic carbocycles. The average Bonchev–Trinajstić information content (AvgIpc) is 2.47. The SMILES string of the molecule is NCc1cccc(-c2nncc3ccccc23)c1. The van der Waals surface area contributed by atoms with Gasteiger partial charge in [-0.15, -0.1) is 5.10 Å². The Labute approximate surface area is 105 Å². The van der Waals surface area contributed by atoms with Crippen LogP contribution >= 0.6 is 0 Å². The molecule has 3 nitrogen and oxygen atoms in total. The molecule has 0 aliphatic heterocycles. The fourth-order valence-electron chi connectivity index (χ4n) is 2.09. The Balaban J connectivity index is 2.24. The Kier molecular flexibility index (Phi) is 2.74. The molecule has 0 atom stereocenters. The van der Waals surface area contributed by atoms with Gasteiger partial charge in [-0.05, 0) is 11.6 Å². The Bertz CT molecular complexity index is 687. The molecule has 3 heteroatoms. The van der Waals surface area contributed by atoms with Crippen LogP contribution in [0.3, 0.4) is 0 Å². The van der Waals surface area contributed by atoms with Crippen LogP contribution in [0.15, 0.2) is 54.7 Å². The van der Waals surface area contributed by atoms with E-state index < -0.39 is 0 Å². The van der Waals surface area contributed by atoms with Crippen LogP contribution in [-0.2, 0) is 6.54 Å². The standard InChI is InChI=1S/C15H13N3/c16-9-11-4-3-6-12(8-11)15-14-7-2-1-5-13(14)10-17-18-15/h1-8,10H,9,16H2. The average molecular weight is 235 g/mol. The van der Waals surface area contributed by atoms with Gasteiger partial charge in [0.1, 0.15) is 5.69 Å². The van der Waals surface area contributed by atoms with Crippen LogP contribution in [0.1, 0.15) is 5.56 Å². The fraction of sp³-hybridized carbons (Fsp3) is 0.0667. The van der Waals surface area contributed by atoms with E-state index in [-0.39, 0.29) is 0 Å². The minimum absolute atomic E-state index is 0.534. The van der Waals surface area contributed by atoms with Crippen molar-refractivity contribution in [3.63, 3.8) is 0 Å². The minimum Gasteiger partial charge on any atom is -0.326 e. The summed E-state index contributed by atoms with van der Waals surface area (Å²) in [4.78, 5) is 0. The molecule has 0 unspecified atom stereocenters. The van der Waals surface area contributed by atoms with Gasteiger partial charge in [-0.1, -0.05) is 42.5 Å².